The fourth-order valence-corrected chi connectivity index (χ4v) is 2.89. The maximum Gasteiger partial charge on any atom is 0.254 e. The van der Waals surface area contributed by atoms with E-state index >= 15 is 0 Å². The highest BCUT2D eigenvalue weighted by Gasteiger charge is 2.30. The van der Waals surface area contributed by atoms with Crippen LogP contribution in [0.15, 0.2) is 18.2 Å². The van der Waals surface area contributed by atoms with Crippen LogP contribution < -0.4 is 15.2 Å². The molecule has 21 heavy (non-hydrogen) atoms. The molecule has 116 valence electrons. The topological polar surface area (TPSA) is 64.8 Å². The standard InChI is InChI=1S/C16H24N2O3/c1-11(17)13-6-4-5-9-18(13)16(19)12-7-8-14(20-2)15(10-12)21-3/h7-8,10-11,13H,4-6,9,17H2,1-3H3. The van der Waals surface area contributed by atoms with Crippen molar-refractivity contribution in [2.75, 3.05) is 20.8 Å². The van der Waals surface area contributed by atoms with Crippen LogP contribution in [0.2, 0.25) is 0 Å². The molecule has 0 spiro atoms. The molecule has 1 heterocycles. The first-order valence-corrected chi connectivity index (χ1v) is 7.37. The van der Waals surface area contributed by atoms with Gasteiger partial charge in [0, 0.05) is 24.2 Å². The minimum atomic E-state index is -0.0191. The SMILES string of the molecule is COc1ccc(C(=O)N2CCCCC2C(C)N)cc1OC. The van der Waals surface area contributed by atoms with Crippen molar-refractivity contribution in [2.45, 2.75) is 38.3 Å². The molecule has 0 saturated carbocycles. The van der Waals surface area contributed by atoms with Gasteiger partial charge in [-0.15, -0.1) is 0 Å². The first-order valence-electron chi connectivity index (χ1n) is 7.37. The Bertz CT molecular complexity index is 502. The molecule has 1 aromatic rings. The first-order chi connectivity index (χ1) is 10.1. The van der Waals surface area contributed by atoms with Gasteiger partial charge in [0.05, 0.1) is 14.2 Å². The maximum atomic E-state index is 12.8. The molecule has 0 bridgehead atoms. The molecule has 1 aliphatic heterocycles. The summed E-state index contributed by atoms with van der Waals surface area (Å²) in [6.07, 6.45) is 3.13. The number of methoxy groups -OCH3 is 2. The van der Waals surface area contributed by atoms with Crippen LogP contribution in [0.25, 0.3) is 0 Å². The van der Waals surface area contributed by atoms with Gasteiger partial charge in [-0.2, -0.15) is 0 Å². The van der Waals surface area contributed by atoms with E-state index < -0.39 is 0 Å². The molecule has 2 unspecified atom stereocenters. The fraction of sp³-hybridized carbons (Fsp3) is 0.562. The number of piperidine rings is 1. The third-order valence-corrected chi connectivity index (χ3v) is 4.05. The van der Waals surface area contributed by atoms with Crippen LogP contribution >= 0.6 is 0 Å². The molecular weight excluding hydrogens is 268 g/mol. The highest BCUT2D eigenvalue weighted by Crippen LogP contribution is 2.29. The predicted octanol–water partition coefficient (Wildman–Crippen LogP) is 2.05. The average molecular weight is 292 g/mol. The Morgan fingerprint density at radius 1 is 1.29 bits per heavy atom. The number of rotatable bonds is 4. The van der Waals surface area contributed by atoms with E-state index in [1.807, 2.05) is 11.8 Å². The van der Waals surface area contributed by atoms with Gasteiger partial charge in [-0.1, -0.05) is 0 Å². The van der Waals surface area contributed by atoms with Crippen molar-refractivity contribution in [3.63, 3.8) is 0 Å². The number of hydrogen-bond acceptors (Lipinski definition) is 4. The predicted molar refractivity (Wildman–Crippen MR) is 81.9 cm³/mol. The van der Waals surface area contributed by atoms with Crippen molar-refractivity contribution < 1.29 is 14.3 Å². The van der Waals surface area contributed by atoms with Gasteiger partial charge in [0.25, 0.3) is 5.91 Å². The molecule has 2 N–H and O–H groups in total. The lowest BCUT2D eigenvalue weighted by Gasteiger charge is -2.38. The molecule has 5 heteroatoms. The van der Waals surface area contributed by atoms with E-state index in [0.717, 1.165) is 25.8 Å². The zero-order chi connectivity index (χ0) is 15.4. The average Bonchev–Trinajstić information content (AvgIpc) is 2.53. The smallest absolute Gasteiger partial charge is 0.254 e. The Hall–Kier alpha value is -1.75. The number of amides is 1. The second-order valence-corrected chi connectivity index (χ2v) is 5.49. The first kappa shape index (κ1) is 15.6. The zero-order valence-electron chi connectivity index (χ0n) is 13.0. The molecule has 1 saturated heterocycles. The summed E-state index contributed by atoms with van der Waals surface area (Å²) >= 11 is 0. The summed E-state index contributed by atoms with van der Waals surface area (Å²) in [5, 5.41) is 0. The van der Waals surface area contributed by atoms with Gasteiger partial charge in [0.1, 0.15) is 0 Å². The van der Waals surface area contributed by atoms with Crippen LogP contribution in [0, 0.1) is 0 Å². The van der Waals surface area contributed by atoms with E-state index in [2.05, 4.69) is 0 Å². The van der Waals surface area contributed by atoms with Crippen LogP contribution in [0.3, 0.4) is 0 Å². The number of likely N-dealkylation sites (tertiary alicyclic amines) is 1. The number of benzene rings is 1. The lowest BCUT2D eigenvalue weighted by Crippen LogP contribution is -2.51. The maximum absolute atomic E-state index is 12.8. The quantitative estimate of drug-likeness (QED) is 0.922. The summed E-state index contributed by atoms with van der Waals surface area (Å²) < 4.78 is 10.5. The molecule has 2 atom stereocenters. The van der Waals surface area contributed by atoms with Gasteiger partial charge in [-0.3, -0.25) is 4.79 Å². The summed E-state index contributed by atoms with van der Waals surface area (Å²) in [5.41, 5.74) is 6.65. The highest BCUT2D eigenvalue weighted by atomic mass is 16.5. The molecule has 5 nitrogen and oxygen atoms in total. The molecule has 0 aromatic heterocycles. The normalized spacial score (nSPS) is 20.0. The van der Waals surface area contributed by atoms with Gasteiger partial charge < -0.3 is 20.1 Å². The van der Waals surface area contributed by atoms with E-state index in [-0.39, 0.29) is 18.0 Å². The van der Waals surface area contributed by atoms with Crippen molar-refractivity contribution in [1.82, 2.24) is 4.90 Å². The summed E-state index contributed by atoms with van der Waals surface area (Å²) in [6.45, 7) is 2.73. The highest BCUT2D eigenvalue weighted by molar-refractivity contribution is 5.95. The Labute approximate surface area is 126 Å². The van der Waals surface area contributed by atoms with Crippen LogP contribution in [0.4, 0.5) is 0 Å². The summed E-state index contributed by atoms with van der Waals surface area (Å²) in [6, 6.07) is 5.36. The van der Waals surface area contributed by atoms with Crippen molar-refractivity contribution in [2.24, 2.45) is 5.73 Å². The van der Waals surface area contributed by atoms with E-state index in [0.29, 0.717) is 17.1 Å². The molecule has 1 fully saturated rings. The summed E-state index contributed by atoms with van der Waals surface area (Å²) in [7, 11) is 3.15. The molecule has 0 aliphatic carbocycles. The minimum absolute atomic E-state index is 0.0120. The van der Waals surface area contributed by atoms with Crippen LogP contribution in [-0.4, -0.2) is 43.7 Å². The second kappa shape index (κ2) is 6.80. The molecule has 1 amide bonds. The van der Waals surface area contributed by atoms with Crippen molar-refractivity contribution in [3.8, 4) is 11.5 Å². The van der Waals surface area contributed by atoms with Crippen LogP contribution in [-0.2, 0) is 0 Å². The number of nitrogens with two attached hydrogens (primary N) is 1. The lowest BCUT2D eigenvalue weighted by atomic mass is 9.96. The largest absolute Gasteiger partial charge is 0.493 e. The second-order valence-electron chi connectivity index (χ2n) is 5.49. The fourth-order valence-electron chi connectivity index (χ4n) is 2.89. The molecule has 0 radical (unpaired) electrons. The number of hydrogen-bond donors (Lipinski definition) is 1. The zero-order valence-corrected chi connectivity index (χ0v) is 13.0. The van der Waals surface area contributed by atoms with Gasteiger partial charge >= 0.3 is 0 Å². The number of nitrogens with zero attached hydrogens (tertiary/aromatic N) is 1. The Morgan fingerprint density at radius 3 is 2.62 bits per heavy atom. The monoisotopic (exact) mass is 292 g/mol. The van der Waals surface area contributed by atoms with E-state index in [4.69, 9.17) is 15.2 Å². The Balaban J connectivity index is 2.26. The third kappa shape index (κ3) is 3.29. The molecular formula is C16H24N2O3. The Kier molecular flexibility index (Phi) is 5.07. The molecule has 1 aliphatic rings. The van der Waals surface area contributed by atoms with Gasteiger partial charge in [-0.05, 0) is 44.4 Å². The van der Waals surface area contributed by atoms with Crippen molar-refractivity contribution >= 4 is 5.91 Å². The molecule has 2 rings (SSSR count). The Morgan fingerprint density at radius 2 is 2.00 bits per heavy atom. The van der Waals surface area contributed by atoms with E-state index in [9.17, 15) is 4.79 Å². The van der Waals surface area contributed by atoms with E-state index in [1.165, 1.54) is 0 Å². The number of ether oxygens (including phenoxy) is 2. The van der Waals surface area contributed by atoms with Crippen molar-refractivity contribution in [3.05, 3.63) is 23.8 Å². The minimum Gasteiger partial charge on any atom is -0.493 e. The molecule has 1 aromatic carbocycles. The van der Waals surface area contributed by atoms with E-state index in [1.54, 1.807) is 32.4 Å². The van der Waals surface area contributed by atoms with Gasteiger partial charge in [-0.25, -0.2) is 0 Å². The van der Waals surface area contributed by atoms with Gasteiger partial charge in [0.2, 0.25) is 0 Å². The number of carbonyl (C=O) groups is 1. The van der Waals surface area contributed by atoms with Gasteiger partial charge in [0.15, 0.2) is 11.5 Å². The summed E-state index contributed by atoms with van der Waals surface area (Å²) in [5.74, 6) is 1.20. The number of carbonyl (C=O) groups excluding carboxylic acids is 1. The van der Waals surface area contributed by atoms with Crippen LogP contribution in [0.5, 0.6) is 11.5 Å². The lowest BCUT2D eigenvalue weighted by molar-refractivity contribution is 0.0583. The summed E-state index contributed by atoms with van der Waals surface area (Å²) in [4.78, 5) is 14.7. The third-order valence-electron chi connectivity index (χ3n) is 4.05. The van der Waals surface area contributed by atoms with Crippen molar-refractivity contribution in [1.29, 1.82) is 0 Å². The van der Waals surface area contributed by atoms with Crippen LogP contribution in [0.1, 0.15) is 36.5 Å².